The van der Waals surface area contributed by atoms with Crippen LogP contribution in [0.5, 0.6) is 0 Å². The van der Waals surface area contributed by atoms with Gasteiger partial charge in [-0.2, -0.15) is 0 Å². The summed E-state index contributed by atoms with van der Waals surface area (Å²) in [7, 11) is 1.80. The lowest BCUT2D eigenvalue weighted by Gasteiger charge is -2.17. The summed E-state index contributed by atoms with van der Waals surface area (Å²) in [6.07, 6.45) is 3.89. The Balaban J connectivity index is 1.85. The molecule has 0 saturated carbocycles. The van der Waals surface area contributed by atoms with Crippen molar-refractivity contribution in [2.24, 2.45) is 10.9 Å². The average molecular weight is 342 g/mol. The van der Waals surface area contributed by atoms with Gasteiger partial charge in [-0.05, 0) is 24.3 Å². The van der Waals surface area contributed by atoms with Crippen molar-refractivity contribution in [1.29, 1.82) is 0 Å². The lowest BCUT2D eigenvalue weighted by molar-refractivity contribution is 0.503. The first-order chi connectivity index (χ1) is 12.0. The number of imidazole rings is 1. The van der Waals surface area contributed by atoms with Crippen molar-refractivity contribution in [3.05, 3.63) is 53.6 Å². The van der Waals surface area contributed by atoms with Gasteiger partial charge in [0.25, 0.3) is 0 Å². The van der Waals surface area contributed by atoms with E-state index in [-0.39, 0.29) is 0 Å². The average Bonchev–Trinajstić information content (AvgIpc) is 3.01. The first-order valence-electron chi connectivity index (χ1n) is 9.00. The van der Waals surface area contributed by atoms with Gasteiger partial charge in [0.05, 0.1) is 6.54 Å². The molecule has 0 amide bonds. The van der Waals surface area contributed by atoms with Crippen LogP contribution in [0.15, 0.2) is 41.7 Å². The molecule has 2 N–H and O–H groups in total. The molecular weight excluding hydrogens is 310 g/mol. The molecule has 1 aromatic carbocycles. The summed E-state index contributed by atoms with van der Waals surface area (Å²) in [5, 5.41) is 6.76. The van der Waals surface area contributed by atoms with Crippen molar-refractivity contribution in [2.75, 3.05) is 13.6 Å². The van der Waals surface area contributed by atoms with E-state index < -0.39 is 0 Å². The minimum absolute atomic E-state index is 0.419. The van der Waals surface area contributed by atoms with Gasteiger partial charge in [0.15, 0.2) is 5.96 Å². The number of nitrogens with one attached hydrogen (secondary N) is 2. The summed E-state index contributed by atoms with van der Waals surface area (Å²) in [6, 6.07) is 8.71. The maximum Gasteiger partial charge on any atom is 0.191 e. The number of hydrogen-bond donors (Lipinski definition) is 2. The molecule has 5 heteroatoms. The van der Waals surface area contributed by atoms with Crippen LogP contribution in [-0.4, -0.2) is 29.1 Å². The largest absolute Gasteiger partial charge is 0.356 e. The van der Waals surface area contributed by atoms with Crippen LogP contribution in [0.25, 0.3) is 0 Å². The highest BCUT2D eigenvalue weighted by atomic mass is 15.2. The maximum atomic E-state index is 4.44. The second kappa shape index (κ2) is 9.25. The number of aliphatic imine (C=N–C) groups is 1. The minimum atomic E-state index is 0.419. The van der Waals surface area contributed by atoms with E-state index in [2.05, 4.69) is 77.1 Å². The molecule has 2 rings (SSSR count). The van der Waals surface area contributed by atoms with Crippen LogP contribution < -0.4 is 10.6 Å². The molecule has 0 bridgehead atoms. The molecule has 0 aliphatic heterocycles. The zero-order valence-electron chi connectivity index (χ0n) is 16.1. The normalized spacial score (nSPS) is 13.1. The number of nitrogens with zero attached hydrogens (tertiary/aromatic N) is 3. The molecule has 1 aromatic heterocycles. The predicted octanol–water partition coefficient (Wildman–Crippen LogP) is 3.32. The third kappa shape index (κ3) is 5.93. The van der Waals surface area contributed by atoms with Crippen LogP contribution in [0, 0.1) is 12.8 Å². The van der Waals surface area contributed by atoms with Crippen LogP contribution in [-0.2, 0) is 13.1 Å². The zero-order valence-corrected chi connectivity index (χ0v) is 16.1. The van der Waals surface area contributed by atoms with Crippen molar-refractivity contribution < 1.29 is 0 Å². The Hall–Kier alpha value is -2.30. The molecule has 25 heavy (non-hydrogen) atoms. The monoisotopic (exact) mass is 341 g/mol. The smallest absolute Gasteiger partial charge is 0.191 e. The fourth-order valence-corrected chi connectivity index (χ4v) is 2.71. The SMILES string of the molecule is CN=C(NCc1nccn1CC(C)C)NCC(C)c1ccc(C)cc1. The highest BCUT2D eigenvalue weighted by Crippen LogP contribution is 2.14. The first-order valence-corrected chi connectivity index (χ1v) is 9.00. The summed E-state index contributed by atoms with van der Waals surface area (Å²) < 4.78 is 2.19. The fourth-order valence-electron chi connectivity index (χ4n) is 2.71. The predicted molar refractivity (Wildman–Crippen MR) is 105 cm³/mol. The number of benzene rings is 1. The van der Waals surface area contributed by atoms with Gasteiger partial charge in [-0.15, -0.1) is 0 Å². The van der Waals surface area contributed by atoms with Crippen molar-refractivity contribution >= 4 is 5.96 Å². The van der Waals surface area contributed by atoms with Crippen LogP contribution in [0.1, 0.15) is 43.6 Å². The third-order valence-corrected chi connectivity index (χ3v) is 4.22. The summed E-state index contributed by atoms with van der Waals surface area (Å²) in [4.78, 5) is 8.76. The Kier molecular flexibility index (Phi) is 7.04. The molecule has 0 aliphatic rings. The Morgan fingerprint density at radius 1 is 1.16 bits per heavy atom. The van der Waals surface area contributed by atoms with E-state index in [4.69, 9.17) is 0 Å². The number of rotatable bonds is 7. The zero-order chi connectivity index (χ0) is 18.2. The van der Waals surface area contributed by atoms with Crippen LogP contribution >= 0.6 is 0 Å². The van der Waals surface area contributed by atoms with E-state index in [9.17, 15) is 0 Å². The van der Waals surface area contributed by atoms with E-state index in [1.54, 1.807) is 7.05 Å². The van der Waals surface area contributed by atoms with Gasteiger partial charge in [-0.25, -0.2) is 4.98 Å². The summed E-state index contributed by atoms with van der Waals surface area (Å²) in [5.74, 6) is 2.85. The second-order valence-electron chi connectivity index (χ2n) is 7.01. The lowest BCUT2D eigenvalue weighted by Crippen LogP contribution is -2.39. The Labute approximate surface area is 151 Å². The van der Waals surface area contributed by atoms with Crippen LogP contribution in [0.3, 0.4) is 0 Å². The maximum absolute atomic E-state index is 4.44. The lowest BCUT2D eigenvalue weighted by atomic mass is 10.0. The molecule has 136 valence electrons. The van der Waals surface area contributed by atoms with Crippen molar-refractivity contribution in [1.82, 2.24) is 20.2 Å². The molecule has 0 radical (unpaired) electrons. The standard InChI is InChI=1S/C20H31N5/c1-15(2)14-25-11-10-22-19(25)13-24-20(21-5)23-12-17(4)18-8-6-16(3)7-9-18/h6-11,15,17H,12-14H2,1-5H3,(H2,21,23,24). The first kappa shape index (κ1) is 19.0. The quantitative estimate of drug-likeness (QED) is 0.600. The Morgan fingerprint density at radius 2 is 1.88 bits per heavy atom. The molecule has 0 aliphatic carbocycles. The van der Waals surface area contributed by atoms with Gasteiger partial charge in [0.2, 0.25) is 0 Å². The number of aromatic nitrogens is 2. The van der Waals surface area contributed by atoms with E-state index in [1.807, 2.05) is 12.4 Å². The van der Waals surface area contributed by atoms with Gasteiger partial charge in [0, 0.05) is 32.5 Å². The highest BCUT2D eigenvalue weighted by molar-refractivity contribution is 5.79. The fraction of sp³-hybridized carbons (Fsp3) is 0.500. The Morgan fingerprint density at radius 3 is 2.52 bits per heavy atom. The van der Waals surface area contributed by atoms with Crippen LogP contribution in [0.2, 0.25) is 0 Å². The van der Waals surface area contributed by atoms with E-state index in [0.29, 0.717) is 18.4 Å². The molecule has 0 spiro atoms. The highest BCUT2D eigenvalue weighted by Gasteiger charge is 2.08. The van der Waals surface area contributed by atoms with Crippen molar-refractivity contribution in [3.8, 4) is 0 Å². The van der Waals surface area contributed by atoms with E-state index in [0.717, 1.165) is 24.9 Å². The summed E-state index contributed by atoms with van der Waals surface area (Å²) in [6.45, 7) is 11.2. The third-order valence-electron chi connectivity index (χ3n) is 4.22. The molecule has 1 atom stereocenters. The molecule has 1 unspecified atom stereocenters. The van der Waals surface area contributed by atoms with Crippen molar-refractivity contribution in [2.45, 2.75) is 46.7 Å². The van der Waals surface area contributed by atoms with Gasteiger partial charge >= 0.3 is 0 Å². The van der Waals surface area contributed by atoms with E-state index in [1.165, 1.54) is 11.1 Å². The van der Waals surface area contributed by atoms with E-state index >= 15 is 0 Å². The number of guanidine groups is 1. The van der Waals surface area contributed by atoms with Gasteiger partial charge in [-0.1, -0.05) is 50.6 Å². The summed E-state index contributed by atoms with van der Waals surface area (Å²) in [5.41, 5.74) is 2.62. The molecule has 0 saturated heterocycles. The topological polar surface area (TPSA) is 54.2 Å². The van der Waals surface area contributed by atoms with Gasteiger partial charge < -0.3 is 15.2 Å². The van der Waals surface area contributed by atoms with Crippen LogP contribution in [0.4, 0.5) is 0 Å². The number of aryl methyl sites for hydroxylation is 1. The van der Waals surface area contributed by atoms with Gasteiger partial charge in [-0.3, -0.25) is 4.99 Å². The number of hydrogen-bond acceptors (Lipinski definition) is 2. The molecule has 1 heterocycles. The second-order valence-corrected chi connectivity index (χ2v) is 7.01. The molecule has 5 nitrogen and oxygen atoms in total. The van der Waals surface area contributed by atoms with Gasteiger partial charge in [0.1, 0.15) is 5.82 Å². The molecular formula is C20H31N5. The Bertz CT molecular complexity index is 670. The van der Waals surface area contributed by atoms with Crippen molar-refractivity contribution in [3.63, 3.8) is 0 Å². The minimum Gasteiger partial charge on any atom is -0.356 e. The summed E-state index contributed by atoms with van der Waals surface area (Å²) >= 11 is 0. The molecule has 2 aromatic rings. The molecule has 0 fully saturated rings.